The van der Waals surface area contributed by atoms with E-state index in [1.807, 2.05) is 18.2 Å². The summed E-state index contributed by atoms with van der Waals surface area (Å²) in [6, 6.07) is 10.1. The maximum atomic E-state index is 14.3. The van der Waals surface area contributed by atoms with Crippen molar-refractivity contribution in [3.8, 4) is 11.4 Å². The predicted octanol–water partition coefficient (Wildman–Crippen LogP) is 3.16. The second-order valence-electron chi connectivity index (χ2n) is 7.87. The summed E-state index contributed by atoms with van der Waals surface area (Å²) in [6.07, 6.45) is 2.26. The molecule has 2 bridgehead atoms. The van der Waals surface area contributed by atoms with E-state index < -0.39 is 11.6 Å². The van der Waals surface area contributed by atoms with Crippen LogP contribution in [0.2, 0.25) is 0 Å². The first-order chi connectivity index (χ1) is 14.0. The van der Waals surface area contributed by atoms with Crippen molar-refractivity contribution >= 4 is 16.6 Å². The summed E-state index contributed by atoms with van der Waals surface area (Å²) >= 11 is 0. The van der Waals surface area contributed by atoms with Gasteiger partial charge in [0, 0.05) is 45.0 Å². The highest BCUT2D eigenvalue weighted by atomic mass is 19.2. The highest BCUT2D eigenvalue weighted by Gasteiger charge is 2.29. The summed E-state index contributed by atoms with van der Waals surface area (Å²) in [4.78, 5) is 22.4. The molecule has 0 aliphatic carbocycles. The fourth-order valence-electron chi connectivity index (χ4n) is 4.58. The summed E-state index contributed by atoms with van der Waals surface area (Å²) < 4.78 is 29.3. The molecule has 1 aromatic heterocycles. The molecule has 3 fully saturated rings. The van der Waals surface area contributed by atoms with Gasteiger partial charge in [0.05, 0.1) is 16.5 Å². The van der Waals surface area contributed by atoms with Crippen molar-refractivity contribution in [2.75, 3.05) is 31.1 Å². The molecular formula is C22H22F2N4O. The van der Waals surface area contributed by atoms with Gasteiger partial charge in [0.25, 0.3) is 5.56 Å². The molecule has 5 nitrogen and oxygen atoms in total. The van der Waals surface area contributed by atoms with Crippen molar-refractivity contribution in [1.29, 1.82) is 0 Å². The van der Waals surface area contributed by atoms with Crippen molar-refractivity contribution in [2.24, 2.45) is 7.05 Å². The highest BCUT2D eigenvalue weighted by Crippen LogP contribution is 2.29. The predicted molar refractivity (Wildman–Crippen MR) is 109 cm³/mol. The molecule has 3 saturated heterocycles. The van der Waals surface area contributed by atoms with Crippen LogP contribution in [0.5, 0.6) is 0 Å². The van der Waals surface area contributed by atoms with Crippen LogP contribution in [0.15, 0.2) is 41.2 Å². The van der Waals surface area contributed by atoms with Crippen LogP contribution in [0, 0.1) is 11.6 Å². The Morgan fingerprint density at radius 3 is 2.62 bits per heavy atom. The topological polar surface area (TPSA) is 41.4 Å². The quantitative estimate of drug-likeness (QED) is 0.667. The van der Waals surface area contributed by atoms with Crippen LogP contribution in [0.25, 0.3) is 22.3 Å². The Morgan fingerprint density at radius 2 is 1.83 bits per heavy atom. The van der Waals surface area contributed by atoms with Gasteiger partial charge >= 0.3 is 0 Å². The Bertz CT molecular complexity index is 1150. The standard InChI is InChI=1S/C22H22F2N4O/c1-26-21(16-3-2-4-18(23)20(16)24)25-19-6-5-15(13-17(19)22(26)29)28-12-11-27-9-7-14(28)8-10-27/h2-6,13-14H,7-12H2,1H3. The van der Waals surface area contributed by atoms with Gasteiger partial charge in [0.15, 0.2) is 11.6 Å². The van der Waals surface area contributed by atoms with Gasteiger partial charge in [-0.25, -0.2) is 13.8 Å². The van der Waals surface area contributed by atoms with E-state index in [0.29, 0.717) is 16.9 Å². The minimum atomic E-state index is -0.999. The molecule has 0 radical (unpaired) electrons. The molecule has 6 rings (SSSR count). The molecule has 0 saturated carbocycles. The zero-order chi connectivity index (χ0) is 20.1. The minimum absolute atomic E-state index is 0.0193. The van der Waals surface area contributed by atoms with Crippen LogP contribution in [0.3, 0.4) is 0 Å². The third kappa shape index (κ3) is 3.00. The molecule has 150 valence electrons. The Balaban J connectivity index is 1.62. The van der Waals surface area contributed by atoms with E-state index in [-0.39, 0.29) is 16.9 Å². The number of halogens is 2. The van der Waals surface area contributed by atoms with E-state index in [1.54, 1.807) is 7.05 Å². The first kappa shape index (κ1) is 18.2. The lowest BCUT2D eigenvalue weighted by Gasteiger charge is -2.33. The number of anilines is 1. The van der Waals surface area contributed by atoms with E-state index in [2.05, 4.69) is 14.8 Å². The number of fused-ring (bicyclic) bond motifs is 5. The smallest absolute Gasteiger partial charge is 0.261 e. The van der Waals surface area contributed by atoms with Gasteiger partial charge < -0.3 is 9.80 Å². The van der Waals surface area contributed by atoms with Crippen LogP contribution in [0.4, 0.5) is 14.5 Å². The van der Waals surface area contributed by atoms with Gasteiger partial charge in [-0.1, -0.05) is 6.07 Å². The Hall–Kier alpha value is -2.80. The number of hydrogen-bond acceptors (Lipinski definition) is 4. The van der Waals surface area contributed by atoms with Crippen LogP contribution in [-0.2, 0) is 7.05 Å². The number of benzene rings is 2. The monoisotopic (exact) mass is 396 g/mol. The molecule has 0 amide bonds. The van der Waals surface area contributed by atoms with Crippen molar-refractivity contribution in [3.63, 3.8) is 0 Å². The van der Waals surface area contributed by atoms with E-state index in [9.17, 15) is 13.6 Å². The normalized spacial score (nSPS) is 21.6. The second-order valence-corrected chi connectivity index (χ2v) is 7.87. The first-order valence-corrected chi connectivity index (χ1v) is 9.97. The molecule has 29 heavy (non-hydrogen) atoms. The van der Waals surface area contributed by atoms with E-state index in [0.717, 1.165) is 50.8 Å². The Kier molecular flexibility index (Phi) is 4.35. The SMILES string of the molecule is Cn1c(-c2cccc(F)c2F)nc2ccc(N3CCN4CCC3CC4)cc2c1=O. The van der Waals surface area contributed by atoms with Gasteiger partial charge in [0.2, 0.25) is 0 Å². The number of rotatable bonds is 2. The van der Waals surface area contributed by atoms with Gasteiger partial charge in [-0.2, -0.15) is 0 Å². The molecule has 0 N–H and O–H groups in total. The molecular weight excluding hydrogens is 374 g/mol. The first-order valence-electron chi connectivity index (χ1n) is 9.97. The van der Waals surface area contributed by atoms with E-state index in [1.165, 1.54) is 16.7 Å². The number of hydrogen-bond donors (Lipinski definition) is 0. The van der Waals surface area contributed by atoms with Crippen LogP contribution >= 0.6 is 0 Å². The van der Waals surface area contributed by atoms with Crippen LogP contribution in [0.1, 0.15) is 12.8 Å². The zero-order valence-electron chi connectivity index (χ0n) is 16.2. The summed E-state index contributed by atoms with van der Waals surface area (Å²) in [7, 11) is 1.54. The molecule has 2 aromatic carbocycles. The molecule has 7 heteroatoms. The average molecular weight is 396 g/mol. The lowest BCUT2D eigenvalue weighted by molar-refractivity contribution is 0.250. The van der Waals surface area contributed by atoms with Gasteiger partial charge in [-0.15, -0.1) is 0 Å². The summed E-state index contributed by atoms with van der Waals surface area (Å²) in [5.74, 6) is -1.84. The Labute approximate surface area is 167 Å². The van der Waals surface area contributed by atoms with Gasteiger partial charge in [-0.05, 0) is 43.2 Å². The molecule has 4 heterocycles. The lowest BCUT2D eigenvalue weighted by Crippen LogP contribution is -2.38. The fraction of sp³-hybridized carbons (Fsp3) is 0.364. The fourth-order valence-corrected chi connectivity index (χ4v) is 4.58. The minimum Gasteiger partial charge on any atom is -0.367 e. The van der Waals surface area contributed by atoms with E-state index >= 15 is 0 Å². The van der Waals surface area contributed by atoms with E-state index in [4.69, 9.17) is 0 Å². The van der Waals surface area contributed by atoms with Crippen molar-refractivity contribution < 1.29 is 8.78 Å². The molecule has 0 spiro atoms. The summed E-state index contributed by atoms with van der Waals surface area (Å²) in [6.45, 7) is 4.22. The number of aromatic nitrogens is 2. The molecule has 0 unspecified atom stereocenters. The van der Waals surface area contributed by atoms with Crippen molar-refractivity contribution in [2.45, 2.75) is 18.9 Å². The second kappa shape index (κ2) is 6.91. The summed E-state index contributed by atoms with van der Waals surface area (Å²) in [5, 5.41) is 0.490. The molecule has 0 atom stereocenters. The van der Waals surface area contributed by atoms with Crippen LogP contribution in [-0.4, -0.2) is 46.7 Å². The van der Waals surface area contributed by atoms with Gasteiger partial charge in [-0.3, -0.25) is 9.36 Å². The summed E-state index contributed by atoms with van der Waals surface area (Å²) in [5.41, 5.74) is 1.22. The number of nitrogens with zero attached hydrogens (tertiary/aromatic N) is 4. The third-order valence-corrected chi connectivity index (χ3v) is 6.24. The molecule has 3 aliphatic heterocycles. The lowest BCUT2D eigenvalue weighted by atomic mass is 10.0. The zero-order valence-corrected chi connectivity index (χ0v) is 16.2. The maximum Gasteiger partial charge on any atom is 0.261 e. The highest BCUT2D eigenvalue weighted by molar-refractivity contribution is 5.83. The van der Waals surface area contributed by atoms with Crippen molar-refractivity contribution in [3.05, 3.63) is 58.4 Å². The number of piperidine rings is 1. The largest absolute Gasteiger partial charge is 0.367 e. The maximum absolute atomic E-state index is 14.3. The molecule has 3 aromatic rings. The van der Waals surface area contributed by atoms with Gasteiger partial charge in [0.1, 0.15) is 5.82 Å². The van der Waals surface area contributed by atoms with Crippen molar-refractivity contribution in [1.82, 2.24) is 14.5 Å². The average Bonchev–Trinajstić information content (AvgIpc) is 3.07. The van der Waals surface area contributed by atoms with Crippen LogP contribution < -0.4 is 10.5 Å². The Morgan fingerprint density at radius 1 is 1.03 bits per heavy atom. The molecule has 3 aliphatic rings. The third-order valence-electron chi connectivity index (χ3n) is 6.24.